The van der Waals surface area contributed by atoms with Crippen molar-refractivity contribution in [3.05, 3.63) is 118 Å². The maximum atomic E-state index is 12.6. The molecule has 0 saturated heterocycles. The number of hydrogen-bond donors (Lipinski definition) is 0. The molecule has 0 N–H and O–H groups in total. The van der Waals surface area contributed by atoms with Gasteiger partial charge in [0.2, 0.25) is 0 Å². The quantitative estimate of drug-likeness (QED) is 0.235. The maximum Gasteiger partial charge on any atom is 0.338 e. The molecule has 3 rings (SSSR count). The monoisotopic (exact) mass is 476 g/mol. The van der Waals surface area contributed by atoms with E-state index >= 15 is 0 Å². The molecule has 0 fully saturated rings. The average molecular weight is 477 g/mol. The molecule has 1 atom stereocenters. The summed E-state index contributed by atoms with van der Waals surface area (Å²) in [5.41, 5.74) is 4.67. The Balaban J connectivity index is 1.58. The Morgan fingerprint density at radius 1 is 0.882 bits per heavy atom. The molecule has 3 aromatic rings. The van der Waals surface area contributed by atoms with Gasteiger partial charge in [-0.2, -0.15) is 0 Å². The van der Waals surface area contributed by atoms with E-state index in [1.807, 2.05) is 18.2 Å². The van der Waals surface area contributed by atoms with E-state index in [0.717, 1.165) is 12.8 Å². The predicted molar refractivity (Wildman–Crippen MR) is 135 cm³/mol. The van der Waals surface area contributed by atoms with Gasteiger partial charge in [-0.3, -0.25) is 0 Å². The summed E-state index contributed by atoms with van der Waals surface area (Å²) in [4.78, 5) is 24.8. The van der Waals surface area contributed by atoms with Crippen LogP contribution < -0.4 is 0 Å². The van der Waals surface area contributed by atoms with Gasteiger partial charge < -0.3 is 9.47 Å². The standard InChI is InChI=1S/C29H29ClO4/c1-21-18-22(2)20-23(19-21)8-6-7-11-27(34-29(32)24-9-4-3-5-10-24)16-17-33-28(31)25-12-14-26(30)15-13-25/h3-5,7,9-15,18-20,27H,6,8,16-17H2,1-2H3/b11-7+/t27-/m1/s1. The second kappa shape index (κ2) is 12.8. The molecule has 0 saturated carbocycles. The first kappa shape index (κ1) is 25.3. The minimum Gasteiger partial charge on any atom is -0.462 e. The minimum atomic E-state index is -0.509. The van der Waals surface area contributed by atoms with Crippen molar-refractivity contribution in [2.75, 3.05) is 6.61 Å². The number of esters is 2. The van der Waals surface area contributed by atoms with E-state index in [9.17, 15) is 9.59 Å². The van der Waals surface area contributed by atoms with Crippen molar-refractivity contribution in [1.82, 2.24) is 0 Å². The maximum absolute atomic E-state index is 12.6. The number of allylic oxidation sites excluding steroid dienone is 1. The number of aryl methyl sites for hydroxylation is 3. The average Bonchev–Trinajstić information content (AvgIpc) is 2.82. The van der Waals surface area contributed by atoms with Crippen LogP contribution in [0.1, 0.15) is 50.2 Å². The molecular weight excluding hydrogens is 448 g/mol. The third-order valence-electron chi connectivity index (χ3n) is 5.22. The molecule has 0 aliphatic rings. The van der Waals surface area contributed by atoms with E-state index in [-0.39, 0.29) is 6.61 Å². The summed E-state index contributed by atoms with van der Waals surface area (Å²) in [6.45, 7) is 4.31. The second-order valence-electron chi connectivity index (χ2n) is 8.20. The lowest BCUT2D eigenvalue weighted by atomic mass is 10.0. The molecule has 0 aromatic heterocycles. The first-order chi connectivity index (χ1) is 16.4. The molecule has 0 unspecified atom stereocenters. The fourth-order valence-electron chi connectivity index (χ4n) is 3.62. The lowest BCUT2D eigenvalue weighted by Crippen LogP contribution is -2.19. The Kier molecular flexibility index (Phi) is 9.48. The molecule has 0 aliphatic heterocycles. The fraction of sp³-hybridized carbons (Fsp3) is 0.241. The number of hydrogen-bond acceptors (Lipinski definition) is 4. The number of halogens is 1. The summed E-state index contributed by atoms with van der Waals surface area (Å²) < 4.78 is 11.1. The van der Waals surface area contributed by atoms with E-state index in [2.05, 4.69) is 32.0 Å². The summed E-state index contributed by atoms with van der Waals surface area (Å²) in [6.07, 6.45) is 5.45. The molecule has 0 spiro atoms. The van der Waals surface area contributed by atoms with Gasteiger partial charge in [0.25, 0.3) is 0 Å². The third kappa shape index (κ3) is 8.20. The van der Waals surface area contributed by atoms with Crippen LogP contribution >= 0.6 is 11.6 Å². The number of rotatable bonds is 10. The van der Waals surface area contributed by atoms with Gasteiger partial charge in [0.05, 0.1) is 17.7 Å². The molecule has 0 heterocycles. The van der Waals surface area contributed by atoms with E-state index in [0.29, 0.717) is 22.6 Å². The van der Waals surface area contributed by atoms with Gasteiger partial charge in [0, 0.05) is 11.4 Å². The van der Waals surface area contributed by atoms with Crippen molar-refractivity contribution in [3.63, 3.8) is 0 Å². The largest absolute Gasteiger partial charge is 0.462 e. The molecule has 0 bridgehead atoms. The van der Waals surface area contributed by atoms with Gasteiger partial charge in [-0.15, -0.1) is 0 Å². The number of benzene rings is 3. The highest BCUT2D eigenvalue weighted by atomic mass is 35.5. The molecule has 0 aliphatic carbocycles. The zero-order valence-corrected chi connectivity index (χ0v) is 20.3. The molecule has 3 aromatic carbocycles. The van der Waals surface area contributed by atoms with Crippen LogP contribution in [0.2, 0.25) is 5.02 Å². The highest BCUT2D eigenvalue weighted by molar-refractivity contribution is 6.30. The zero-order valence-electron chi connectivity index (χ0n) is 19.5. The Hall–Kier alpha value is -3.37. The topological polar surface area (TPSA) is 52.6 Å². The van der Waals surface area contributed by atoms with Gasteiger partial charge in [0.15, 0.2) is 0 Å². The Morgan fingerprint density at radius 2 is 1.53 bits per heavy atom. The summed E-state index contributed by atoms with van der Waals surface area (Å²) in [6, 6.07) is 21.9. The van der Waals surface area contributed by atoms with Gasteiger partial charge in [-0.1, -0.05) is 65.2 Å². The SMILES string of the molecule is Cc1cc(C)cc(CC/C=C/[C@H](CCOC(=O)c2ccc(Cl)cc2)OC(=O)c2ccccc2)c1. The van der Waals surface area contributed by atoms with Crippen LogP contribution in [-0.2, 0) is 15.9 Å². The van der Waals surface area contributed by atoms with Gasteiger partial charge >= 0.3 is 11.9 Å². The number of ether oxygens (including phenoxy) is 2. The Morgan fingerprint density at radius 3 is 2.21 bits per heavy atom. The minimum absolute atomic E-state index is 0.121. The highest BCUT2D eigenvalue weighted by Crippen LogP contribution is 2.14. The second-order valence-corrected chi connectivity index (χ2v) is 8.64. The van der Waals surface area contributed by atoms with E-state index in [1.54, 1.807) is 48.5 Å². The molecule has 0 amide bonds. The lowest BCUT2D eigenvalue weighted by Gasteiger charge is -2.15. The first-order valence-electron chi connectivity index (χ1n) is 11.3. The highest BCUT2D eigenvalue weighted by Gasteiger charge is 2.15. The predicted octanol–water partition coefficient (Wildman–Crippen LogP) is 6.92. The fourth-order valence-corrected chi connectivity index (χ4v) is 3.75. The molecular formula is C29H29ClO4. The number of carbonyl (C=O) groups excluding carboxylic acids is 2. The van der Waals surface area contributed by atoms with Gasteiger partial charge in [0.1, 0.15) is 6.10 Å². The molecule has 176 valence electrons. The van der Waals surface area contributed by atoms with Crippen LogP contribution in [0, 0.1) is 13.8 Å². The molecule has 4 nitrogen and oxygen atoms in total. The first-order valence-corrected chi connectivity index (χ1v) is 11.7. The van der Waals surface area contributed by atoms with Gasteiger partial charge in [-0.25, -0.2) is 9.59 Å². The van der Waals surface area contributed by atoms with Crippen LogP contribution in [-0.4, -0.2) is 24.6 Å². The third-order valence-corrected chi connectivity index (χ3v) is 5.47. The van der Waals surface area contributed by atoms with Crippen LogP contribution in [0.15, 0.2) is 84.9 Å². The van der Waals surface area contributed by atoms with Crippen molar-refractivity contribution in [2.24, 2.45) is 0 Å². The normalized spacial score (nSPS) is 11.9. The van der Waals surface area contributed by atoms with Crippen molar-refractivity contribution in [3.8, 4) is 0 Å². The lowest BCUT2D eigenvalue weighted by molar-refractivity contribution is 0.0283. The van der Waals surface area contributed by atoms with Crippen LogP contribution in [0.25, 0.3) is 0 Å². The molecule has 0 radical (unpaired) electrons. The van der Waals surface area contributed by atoms with Crippen molar-refractivity contribution in [1.29, 1.82) is 0 Å². The summed E-state index contributed by atoms with van der Waals surface area (Å²) in [5, 5.41) is 0.551. The van der Waals surface area contributed by atoms with Crippen LogP contribution in [0.4, 0.5) is 0 Å². The molecule has 5 heteroatoms. The van der Waals surface area contributed by atoms with E-state index < -0.39 is 18.0 Å². The summed E-state index contributed by atoms with van der Waals surface area (Å²) in [5.74, 6) is -0.850. The van der Waals surface area contributed by atoms with Crippen LogP contribution in [0.5, 0.6) is 0 Å². The smallest absolute Gasteiger partial charge is 0.338 e. The number of carbonyl (C=O) groups is 2. The van der Waals surface area contributed by atoms with Crippen molar-refractivity contribution < 1.29 is 19.1 Å². The van der Waals surface area contributed by atoms with E-state index in [4.69, 9.17) is 21.1 Å². The Labute approximate surface area is 206 Å². The molecule has 34 heavy (non-hydrogen) atoms. The van der Waals surface area contributed by atoms with Crippen molar-refractivity contribution in [2.45, 2.75) is 39.2 Å². The van der Waals surface area contributed by atoms with Crippen LogP contribution in [0.3, 0.4) is 0 Å². The van der Waals surface area contributed by atoms with Crippen molar-refractivity contribution >= 4 is 23.5 Å². The zero-order chi connectivity index (χ0) is 24.3. The van der Waals surface area contributed by atoms with E-state index in [1.165, 1.54) is 16.7 Å². The Bertz CT molecular complexity index is 1100. The van der Waals surface area contributed by atoms with Gasteiger partial charge in [-0.05, 0) is 74.7 Å². The summed E-state index contributed by atoms with van der Waals surface area (Å²) >= 11 is 5.87. The summed E-state index contributed by atoms with van der Waals surface area (Å²) in [7, 11) is 0.